The van der Waals surface area contributed by atoms with Crippen molar-refractivity contribution < 1.29 is 4.39 Å². The summed E-state index contributed by atoms with van der Waals surface area (Å²) in [6.07, 6.45) is 4.41. The van der Waals surface area contributed by atoms with E-state index in [-0.39, 0.29) is 6.42 Å². The molecule has 1 nitrogen and oxygen atoms in total. The van der Waals surface area contributed by atoms with Gasteiger partial charge in [0.25, 0.3) is 0 Å². The summed E-state index contributed by atoms with van der Waals surface area (Å²) in [5.41, 5.74) is 0.757. The van der Waals surface area contributed by atoms with Crippen LogP contribution in [0.5, 0.6) is 0 Å². The van der Waals surface area contributed by atoms with Crippen molar-refractivity contribution in [3.63, 3.8) is 0 Å². The van der Waals surface area contributed by atoms with Gasteiger partial charge in [0, 0.05) is 0 Å². The van der Waals surface area contributed by atoms with Crippen molar-refractivity contribution >= 4 is 0 Å². The third-order valence-corrected chi connectivity index (χ3v) is 1.01. The van der Waals surface area contributed by atoms with Gasteiger partial charge in [-0.2, -0.15) is 5.26 Å². The van der Waals surface area contributed by atoms with Gasteiger partial charge in [-0.05, 0) is 18.6 Å². The van der Waals surface area contributed by atoms with E-state index in [0.717, 1.165) is 5.57 Å². The Bertz CT molecular complexity index is 230. The minimum absolute atomic E-state index is 0.164. The van der Waals surface area contributed by atoms with Gasteiger partial charge in [0.1, 0.15) is 5.83 Å². The third kappa shape index (κ3) is 5.10. The van der Waals surface area contributed by atoms with Gasteiger partial charge in [-0.1, -0.05) is 18.7 Å². The topological polar surface area (TPSA) is 23.8 Å². The zero-order chi connectivity index (χ0) is 8.69. The molecule has 0 aliphatic rings. The van der Waals surface area contributed by atoms with Crippen LogP contribution in [0.1, 0.15) is 13.3 Å². The van der Waals surface area contributed by atoms with Crippen LogP contribution in [0.15, 0.2) is 36.2 Å². The predicted octanol–water partition coefficient (Wildman–Crippen LogP) is 2.89. The van der Waals surface area contributed by atoms with Gasteiger partial charge in [0.2, 0.25) is 0 Å². The Hall–Kier alpha value is -1.36. The second kappa shape index (κ2) is 5.43. The van der Waals surface area contributed by atoms with Crippen molar-refractivity contribution in [2.45, 2.75) is 13.3 Å². The lowest BCUT2D eigenvalue weighted by Gasteiger charge is -1.89. The van der Waals surface area contributed by atoms with Crippen LogP contribution in [0.4, 0.5) is 4.39 Å². The van der Waals surface area contributed by atoms with E-state index >= 15 is 0 Å². The molecule has 0 saturated heterocycles. The Morgan fingerprint density at radius 1 is 1.73 bits per heavy atom. The SMILES string of the molecule is C=C/C=C(C)\C=C(\F)CC#N. The Kier molecular flexibility index (Phi) is 4.76. The lowest BCUT2D eigenvalue weighted by atomic mass is 10.2. The number of halogens is 1. The molecule has 0 aromatic carbocycles. The maximum absolute atomic E-state index is 12.5. The van der Waals surface area contributed by atoms with Crippen molar-refractivity contribution in [3.8, 4) is 6.07 Å². The van der Waals surface area contributed by atoms with E-state index < -0.39 is 5.83 Å². The first-order chi connectivity index (χ1) is 5.20. The average molecular weight is 151 g/mol. The zero-order valence-corrected chi connectivity index (χ0v) is 6.47. The second-order valence-electron chi connectivity index (χ2n) is 2.07. The highest BCUT2D eigenvalue weighted by Gasteiger charge is 1.91. The van der Waals surface area contributed by atoms with Crippen LogP contribution >= 0.6 is 0 Å². The van der Waals surface area contributed by atoms with Crippen molar-refractivity contribution in [2.24, 2.45) is 0 Å². The van der Waals surface area contributed by atoms with Crippen LogP contribution in [0, 0.1) is 11.3 Å². The molecule has 0 aliphatic heterocycles. The quantitative estimate of drug-likeness (QED) is 0.569. The lowest BCUT2D eigenvalue weighted by molar-refractivity contribution is 0.619. The van der Waals surface area contributed by atoms with Crippen molar-refractivity contribution in [1.82, 2.24) is 0 Å². The summed E-state index contributed by atoms with van der Waals surface area (Å²) in [5, 5.41) is 8.11. The molecular formula is C9H10FN. The van der Waals surface area contributed by atoms with Gasteiger partial charge >= 0.3 is 0 Å². The predicted molar refractivity (Wildman–Crippen MR) is 43.4 cm³/mol. The molecule has 0 unspecified atom stereocenters. The van der Waals surface area contributed by atoms with E-state index in [1.165, 1.54) is 6.08 Å². The number of allylic oxidation sites excluding steroid dienone is 5. The van der Waals surface area contributed by atoms with Gasteiger partial charge in [-0.25, -0.2) is 4.39 Å². The fourth-order valence-electron chi connectivity index (χ4n) is 0.608. The highest BCUT2D eigenvalue weighted by atomic mass is 19.1. The molecule has 0 fully saturated rings. The first-order valence-corrected chi connectivity index (χ1v) is 3.23. The Labute approximate surface area is 66.1 Å². The molecule has 58 valence electrons. The molecule has 0 spiro atoms. The minimum atomic E-state index is -0.414. The van der Waals surface area contributed by atoms with Gasteiger partial charge in [-0.15, -0.1) is 0 Å². The molecule has 0 radical (unpaired) electrons. The normalized spacial score (nSPS) is 12.5. The fraction of sp³-hybridized carbons (Fsp3) is 0.222. The third-order valence-electron chi connectivity index (χ3n) is 1.01. The smallest absolute Gasteiger partial charge is 0.114 e. The molecular weight excluding hydrogens is 141 g/mol. The largest absolute Gasteiger partial charge is 0.211 e. The average Bonchev–Trinajstić information content (AvgIpc) is 1.87. The highest BCUT2D eigenvalue weighted by Crippen LogP contribution is 2.06. The van der Waals surface area contributed by atoms with Gasteiger partial charge in [0.15, 0.2) is 0 Å². The number of rotatable bonds is 3. The Morgan fingerprint density at radius 3 is 2.82 bits per heavy atom. The molecule has 0 heterocycles. The number of hydrogen-bond donors (Lipinski definition) is 0. The molecule has 0 atom stereocenters. The maximum atomic E-state index is 12.5. The van der Waals surface area contributed by atoms with Gasteiger partial charge in [0.05, 0.1) is 12.5 Å². The summed E-state index contributed by atoms with van der Waals surface area (Å²) in [5.74, 6) is -0.414. The molecule has 0 aromatic rings. The van der Waals surface area contributed by atoms with Crippen molar-refractivity contribution in [1.29, 1.82) is 5.26 Å². The van der Waals surface area contributed by atoms with Crippen LogP contribution in [0.2, 0.25) is 0 Å². The van der Waals surface area contributed by atoms with Crippen molar-refractivity contribution in [3.05, 3.63) is 36.2 Å². The van der Waals surface area contributed by atoms with E-state index in [2.05, 4.69) is 6.58 Å². The molecule has 0 N–H and O–H groups in total. The Morgan fingerprint density at radius 2 is 2.36 bits per heavy atom. The first-order valence-electron chi connectivity index (χ1n) is 3.23. The number of nitriles is 1. The first kappa shape index (κ1) is 9.64. The van der Waals surface area contributed by atoms with E-state index in [1.807, 2.05) is 0 Å². The molecule has 0 amide bonds. The molecule has 2 heteroatoms. The standard InChI is InChI=1S/C9H10FN/c1-3-4-8(2)7-9(10)5-6-11/h3-4,7H,1,5H2,2H3/b8-4-,9-7+. The van der Waals surface area contributed by atoms with Crippen LogP contribution in [0.3, 0.4) is 0 Å². The highest BCUT2D eigenvalue weighted by molar-refractivity contribution is 5.23. The van der Waals surface area contributed by atoms with Crippen LogP contribution in [-0.4, -0.2) is 0 Å². The van der Waals surface area contributed by atoms with Crippen LogP contribution < -0.4 is 0 Å². The second-order valence-corrected chi connectivity index (χ2v) is 2.07. The minimum Gasteiger partial charge on any atom is -0.211 e. The van der Waals surface area contributed by atoms with Gasteiger partial charge < -0.3 is 0 Å². The maximum Gasteiger partial charge on any atom is 0.114 e. The summed E-state index contributed by atoms with van der Waals surface area (Å²) in [7, 11) is 0. The van der Waals surface area contributed by atoms with E-state index in [0.29, 0.717) is 0 Å². The van der Waals surface area contributed by atoms with Gasteiger partial charge in [-0.3, -0.25) is 0 Å². The van der Waals surface area contributed by atoms with E-state index in [1.54, 1.807) is 25.1 Å². The Balaban J connectivity index is 4.20. The molecule has 0 rings (SSSR count). The number of hydrogen-bond acceptors (Lipinski definition) is 1. The van der Waals surface area contributed by atoms with Crippen molar-refractivity contribution in [2.75, 3.05) is 0 Å². The summed E-state index contributed by atoms with van der Waals surface area (Å²) in [4.78, 5) is 0. The van der Waals surface area contributed by atoms with E-state index in [9.17, 15) is 4.39 Å². The zero-order valence-electron chi connectivity index (χ0n) is 6.47. The van der Waals surface area contributed by atoms with Crippen LogP contribution in [-0.2, 0) is 0 Å². The summed E-state index contributed by atoms with van der Waals surface area (Å²) < 4.78 is 12.5. The molecule has 0 aromatic heterocycles. The summed E-state index contributed by atoms with van der Waals surface area (Å²) in [6, 6.07) is 1.72. The van der Waals surface area contributed by atoms with E-state index in [4.69, 9.17) is 5.26 Å². The summed E-state index contributed by atoms with van der Waals surface area (Å²) in [6.45, 7) is 5.21. The fourth-order valence-corrected chi connectivity index (χ4v) is 0.608. The lowest BCUT2D eigenvalue weighted by Crippen LogP contribution is -1.73. The molecule has 11 heavy (non-hydrogen) atoms. The number of nitrogens with zero attached hydrogens (tertiary/aromatic N) is 1. The van der Waals surface area contributed by atoms with Crippen LogP contribution in [0.25, 0.3) is 0 Å². The molecule has 0 bridgehead atoms. The molecule has 0 aliphatic carbocycles. The monoisotopic (exact) mass is 151 g/mol. The molecule has 0 saturated carbocycles. The summed E-state index contributed by atoms with van der Waals surface area (Å²) >= 11 is 0.